The van der Waals surface area contributed by atoms with E-state index < -0.39 is 5.97 Å². The second kappa shape index (κ2) is 5.59. The average Bonchev–Trinajstić information content (AvgIpc) is 2.42. The van der Waals surface area contributed by atoms with Gasteiger partial charge in [0, 0.05) is 11.1 Å². The van der Waals surface area contributed by atoms with Gasteiger partial charge >= 0.3 is 5.97 Å². The monoisotopic (exact) mass is 210 g/mol. The molecular formula is C12H18O3. The zero-order chi connectivity index (χ0) is 11.3. The van der Waals surface area contributed by atoms with Crippen LogP contribution in [0.5, 0.6) is 0 Å². The van der Waals surface area contributed by atoms with E-state index >= 15 is 0 Å². The standard InChI is InChI=1S/C12H18O3/c1-4-10-7-5-6-8-14-12(10)15-11(13)9(2)3/h2,4-8H2,1,3H3. The number of esters is 1. The molecule has 0 spiro atoms. The van der Waals surface area contributed by atoms with Gasteiger partial charge in [-0.2, -0.15) is 0 Å². The lowest BCUT2D eigenvalue weighted by molar-refractivity contribution is -0.140. The number of rotatable bonds is 3. The van der Waals surface area contributed by atoms with E-state index in [1.54, 1.807) is 6.92 Å². The van der Waals surface area contributed by atoms with Crippen molar-refractivity contribution >= 4 is 5.97 Å². The van der Waals surface area contributed by atoms with Gasteiger partial charge in [-0.15, -0.1) is 0 Å². The van der Waals surface area contributed by atoms with Crippen LogP contribution < -0.4 is 0 Å². The Morgan fingerprint density at radius 2 is 2.27 bits per heavy atom. The molecule has 0 amide bonds. The Hall–Kier alpha value is -1.25. The summed E-state index contributed by atoms with van der Waals surface area (Å²) in [6.45, 7) is 7.84. The first kappa shape index (κ1) is 11.8. The molecule has 84 valence electrons. The van der Waals surface area contributed by atoms with Crippen LogP contribution in [0.3, 0.4) is 0 Å². The highest BCUT2D eigenvalue weighted by Crippen LogP contribution is 2.22. The highest BCUT2D eigenvalue weighted by molar-refractivity contribution is 5.87. The van der Waals surface area contributed by atoms with Crippen LogP contribution in [0.25, 0.3) is 0 Å². The number of hydrogen-bond donors (Lipinski definition) is 0. The number of carbonyl (C=O) groups excluding carboxylic acids is 1. The first-order valence-electron chi connectivity index (χ1n) is 5.37. The number of ether oxygens (including phenoxy) is 2. The minimum absolute atomic E-state index is 0.394. The fraction of sp³-hybridized carbons (Fsp3) is 0.583. The summed E-state index contributed by atoms with van der Waals surface area (Å²) in [7, 11) is 0. The molecule has 0 unspecified atom stereocenters. The Kier molecular flexibility index (Phi) is 4.40. The average molecular weight is 210 g/mol. The highest BCUT2D eigenvalue weighted by Gasteiger charge is 2.16. The van der Waals surface area contributed by atoms with Crippen LogP contribution in [0.2, 0.25) is 0 Å². The molecule has 0 fully saturated rings. The minimum atomic E-state index is -0.405. The molecule has 0 aromatic carbocycles. The van der Waals surface area contributed by atoms with E-state index in [0.717, 1.165) is 31.3 Å². The molecule has 3 heteroatoms. The second-order valence-corrected chi connectivity index (χ2v) is 3.72. The van der Waals surface area contributed by atoms with E-state index in [0.29, 0.717) is 18.1 Å². The molecule has 0 N–H and O–H groups in total. The molecule has 1 aliphatic rings. The van der Waals surface area contributed by atoms with Crippen molar-refractivity contribution in [2.24, 2.45) is 0 Å². The van der Waals surface area contributed by atoms with Crippen LogP contribution in [0.1, 0.15) is 39.5 Å². The molecule has 15 heavy (non-hydrogen) atoms. The van der Waals surface area contributed by atoms with Gasteiger partial charge in [0.05, 0.1) is 6.61 Å². The molecule has 1 rings (SSSR count). The van der Waals surface area contributed by atoms with Crippen LogP contribution in [0.4, 0.5) is 0 Å². The Morgan fingerprint density at radius 1 is 1.53 bits per heavy atom. The molecule has 3 nitrogen and oxygen atoms in total. The molecule has 1 aliphatic heterocycles. The summed E-state index contributed by atoms with van der Waals surface area (Å²) in [6, 6.07) is 0. The summed E-state index contributed by atoms with van der Waals surface area (Å²) in [6.07, 6.45) is 3.92. The fourth-order valence-corrected chi connectivity index (χ4v) is 1.40. The van der Waals surface area contributed by atoms with Crippen molar-refractivity contribution < 1.29 is 14.3 Å². The predicted octanol–water partition coefficient (Wildman–Crippen LogP) is 2.93. The maximum Gasteiger partial charge on any atom is 0.340 e. The SMILES string of the molecule is C=C(C)C(=O)OC1=C(CC)CCCCO1. The number of carbonyl (C=O) groups is 1. The largest absolute Gasteiger partial charge is 0.465 e. The van der Waals surface area contributed by atoms with Crippen molar-refractivity contribution in [3.63, 3.8) is 0 Å². The quantitative estimate of drug-likeness (QED) is 0.530. The van der Waals surface area contributed by atoms with Gasteiger partial charge in [0.15, 0.2) is 0 Å². The lowest BCUT2D eigenvalue weighted by Crippen LogP contribution is -2.09. The lowest BCUT2D eigenvalue weighted by atomic mass is 10.1. The normalized spacial score (nSPS) is 16.7. The molecule has 1 heterocycles. The summed E-state index contributed by atoms with van der Waals surface area (Å²) in [5.41, 5.74) is 1.48. The van der Waals surface area contributed by atoms with Crippen molar-refractivity contribution in [3.05, 3.63) is 23.7 Å². The molecule has 0 atom stereocenters. The third-order valence-corrected chi connectivity index (χ3v) is 2.36. The summed E-state index contributed by atoms with van der Waals surface area (Å²) in [5, 5.41) is 0. The van der Waals surface area contributed by atoms with Crippen LogP contribution in [-0.4, -0.2) is 12.6 Å². The summed E-state index contributed by atoms with van der Waals surface area (Å²) in [4.78, 5) is 11.3. The molecule has 0 aromatic heterocycles. The van der Waals surface area contributed by atoms with Gasteiger partial charge in [0.25, 0.3) is 5.95 Å². The van der Waals surface area contributed by atoms with Crippen molar-refractivity contribution in [3.8, 4) is 0 Å². The summed E-state index contributed by atoms with van der Waals surface area (Å²) < 4.78 is 10.6. The maximum atomic E-state index is 11.3. The Bertz CT molecular complexity index is 289. The van der Waals surface area contributed by atoms with Gasteiger partial charge in [-0.25, -0.2) is 4.79 Å². The summed E-state index contributed by atoms with van der Waals surface area (Å²) in [5.74, 6) is 0.000787. The van der Waals surface area contributed by atoms with E-state index in [1.165, 1.54) is 0 Å². The zero-order valence-electron chi connectivity index (χ0n) is 9.47. The minimum Gasteiger partial charge on any atom is -0.465 e. The molecule has 0 saturated heterocycles. The van der Waals surface area contributed by atoms with E-state index in [4.69, 9.17) is 9.47 Å². The molecule has 0 bridgehead atoms. The molecule has 0 saturated carbocycles. The van der Waals surface area contributed by atoms with Crippen molar-refractivity contribution in [2.75, 3.05) is 6.61 Å². The Labute approximate surface area is 90.8 Å². The van der Waals surface area contributed by atoms with Crippen molar-refractivity contribution in [2.45, 2.75) is 39.5 Å². The molecule has 0 radical (unpaired) electrons. The van der Waals surface area contributed by atoms with E-state index in [1.807, 2.05) is 6.92 Å². The van der Waals surface area contributed by atoms with Crippen LogP contribution in [0.15, 0.2) is 23.7 Å². The van der Waals surface area contributed by atoms with Crippen LogP contribution in [0, 0.1) is 0 Å². The van der Waals surface area contributed by atoms with Crippen molar-refractivity contribution in [1.82, 2.24) is 0 Å². The number of allylic oxidation sites excluding steroid dienone is 1. The van der Waals surface area contributed by atoms with Gasteiger partial charge in [-0.05, 0) is 32.6 Å². The van der Waals surface area contributed by atoms with Gasteiger partial charge < -0.3 is 9.47 Å². The molecule has 0 aromatic rings. The Morgan fingerprint density at radius 3 is 2.87 bits per heavy atom. The van der Waals surface area contributed by atoms with Gasteiger partial charge in [0.1, 0.15) is 0 Å². The Balaban J connectivity index is 2.73. The van der Waals surface area contributed by atoms with Gasteiger partial charge in [0.2, 0.25) is 0 Å². The zero-order valence-corrected chi connectivity index (χ0v) is 9.47. The van der Waals surface area contributed by atoms with Gasteiger partial charge in [-0.3, -0.25) is 0 Å². The summed E-state index contributed by atoms with van der Waals surface area (Å²) >= 11 is 0. The molecule has 0 aliphatic carbocycles. The fourth-order valence-electron chi connectivity index (χ4n) is 1.40. The lowest BCUT2D eigenvalue weighted by Gasteiger charge is -2.11. The third-order valence-electron chi connectivity index (χ3n) is 2.36. The van der Waals surface area contributed by atoms with Crippen LogP contribution in [-0.2, 0) is 14.3 Å². The number of hydrogen-bond acceptors (Lipinski definition) is 3. The highest BCUT2D eigenvalue weighted by atomic mass is 16.7. The van der Waals surface area contributed by atoms with Gasteiger partial charge in [-0.1, -0.05) is 13.5 Å². The molecular weight excluding hydrogens is 192 g/mol. The van der Waals surface area contributed by atoms with E-state index in [-0.39, 0.29) is 0 Å². The second-order valence-electron chi connectivity index (χ2n) is 3.72. The van der Waals surface area contributed by atoms with E-state index in [9.17, 15) is 4.79 Å². The predicted molar refractivity (Wildman–Crippen MR) is 58.0 cm³/mol. The van der Waals surface area contributed by atoms with Crippen molar-refractivity contribution in [1.29, 1.82) is 0 Å². The van der Waals surface area contributed by atoms with Crippen LogP contribution >= 0.6 is 0 Å². The topological polar surface area (TPSA) is 35.5 Å². The maximum absolute atomic E-state index is 11.3. The first-order chi connectivity index (χ1) is 7.15. The van der Waals surface area contributed by atoms with E-state index in [2.05, 4.69) is 6.58 Å². The smallest absolute Gasteiger partial charge is 0.340 e. The first-order valence-corrected chi connectivity index (χ1v) is 5.37. The third kappa shape index (κ3) is 3.42.